The van der Waals surface area contributed by atoms with Crippen molar-refractivity contribution in [2.75, 3.05) is 26.7 Å². The van der Waals surface area contributed by atoms with E-state index in [4.69, 9.17) is 0 Å². The van der Waals surface area contributed by atoms with Gasteiger partial charge in [-0.2, -0.15) is 0 Å². The molecular weight excluding hydrogens is 188 g/mol. The van der Waals surface area contributed by atoms with E-state index >= 15 is 0 Å². The van der Waals surface area contributed by atoms with Crippen LogP contribution in [-0.2, 0) is 4.79 Å². The molecule has 86 valence electrons. The zero-order chi connectivity index (χ0) is 11.1. The highest BCUT2D eigenvalue weighted by Crippen LogP contribution is 2.39. The Morgan fingerprint density at radius 2 is 2.00 bits per heavy atom. The molecule has 2 saturated heterocycles. The van der Waals surface area contributed by atoms with Crippen LogP contribution in [0.5, 0.6) is 0 Å². The number of hydrogen-bond acceptors (Lipinski definition) is 2. The largest absolute Gasteiger partial charge is 0.345 e. The van der Waals surface area contributed by atoms with Gasteiger partial charge < -0.3 is 9.80 Å². The molecule has 1 atom stereocenters. The predicted octanol–water partition coefficient (Wildman–Crippen LogP) is 1.34. The van der Waals surface area contributed by atoms with E-state index in [0.717, 1.165) is 19.4 Å². The van der Waals surface area contributed by atoms with Crippen LogP contribution < -0.4 is 0 Å². The summed E-state index contributed by atoms with van der Waals surface area (Å²) < 4.78 is 0. The van der Waals surface area contributed by atoms with Gasteiger partial charge in [-0.1, -0.05) is 0 Å². The summed E-state index contributed by atoms with van der Waals surface area (Å²) in [5.74, 6) is 0.323. The van der Waals surface area contributed by atoms with Crippen molar-refractivity contribution in [1.82, 2.24) is 9.80 Å². The maximum atomic E-state index is 11.5. The Kier molecular flexibility index (Phi) is 2.75. The standard InChI is InChI=1S/C12H22N2O/c1-10(2)14-7-6-12(9-14)5-4-11(15)13(3)8-12/h10H,4-9H2,1-3H3. The number of hydrogen-bond donors (Lipinski definition) is 0. The monoisotopic (exact) mass is 210 g/mol. The van der Waals surface area contributed by atoms with Crippen LogP contribution in [0.3, 0.4) is 0 Å². The van der Waals surface area contributed by atoms with Gasteiger partial charge in [-0.05, 0) is 33.2 Å². The van der Waals surface area contributed by atoms with Crippen molar-refractivity contribution in [3.8, 4) is 0 Å². The first-order chi connectivity index (χ1) is 7.02. The number of amides is 1. The van der Waals surface area contributed by atoms with E-state index < -0.39 is 0 Å². The van der Waals surface area contributed by atoms with Gasteiger partial charge in [0.2, 0.25) is 5.91 Å². The number of nitrogens with zero attached hydrogens (tertiary/aromatic N) is 2. The van der Waals surface area contributed by atoms with Crippen molar-refractivity contribution in [2.45, 2.75) is 39.2 Å². The topological polar surface area (TPSA) is 23.6 Å². The first-order valence-corrected chi connectivity index (χ1v) is 6.00. The van der Waals surface area contributed by atoms with Crippen molar-refractivity contribution in [2.24, 2.45) is 5.41 Å². The summed E-state index contributed by atoms with van der Waals surface area (Å²) in [4.78, 5) is 15.9. The Hall–Kier alpha value is -0.570. The molecular formula is C12H22N2O. The Balaban J connectivity index is 2.01. The van der Waals surface area contributed by atoms with Crippen molar-refractivity contribution in [3.63, 3.8) is 0 Å². The molecule has 0 aromatic heterocycles. The molecule has 2 heterocycles. The van der Waals surface area contributed by atoms with Gasteiger partial charge in [0, 0.05) is 38.0 Å². The fourth-order valence-electron chi connectivity index (χ4n) is 2.98. The van der Waals surface area contributed by atoms with Crippen LogP contribution in [0.2, 0.25) is 0 Å². The Morgan fingerprint density at radius 1 is 1.27 bits per heavy atom. The molecule has 0 radical (unpaired) electrons. The zero-order valence-electron chi connectivity index (χ0n) is 10.1. The van der Waals surface area contributed by atoms with Gasteiger partial charge in [-0.25, -0.2) is 0 Å². The Labute approximate surface area is 92.4 Å². The van der Waals surface area contributed by atoms with Crippen LogP contribution in [0.4, 0.5) is 0 Å². The molecule has 1 amide bonds. The summed E-state index contributed by atoms with van der Waals surface area (Å²) in [5, 5.41) is 0. The second-order valence-corrected chi connectivity index (χ2v) is 5.56. The number of piperidine rings is 1. The van der Waals surface area contributed by atoms with Gasteiger partial charge in [0.15, 0.2) is 0 Å². The molecule has 0 aromatic rings. The molecule has 2 rings (SSSR count). The minimum Gasteiger partial charge on any atom is -0.345 e. The second kappa shape index (κ2) is 3.78. The summed E-state index contributed by atoms with van der Waals surface area (Å²) in [6.45, 7) is 7.88. The van der Waals surface area contributed by atoms with Crippen LogP contribution in [-0.4, -0.2) is 48.4 Å². The fourth-order valence-corrected chi connectivity index (χ4v) is 2.98. The summed E-state index contributed by atoms with van der Waals surface area (Å²) in [7, 11) is 1.95. The minimum atomic E-state index is 0.323. The first kappa shape index (κ1) is 10.9. The third-order valence-electron chi connectivity index (χ3n) is 4.07. The highest BCUT2D eigenvalue weighted by Gasteiger charge is 2.42. The molecule has 3 nitrogen and oxygen atoms in total. The van der Waals surface area contributed by atoms with E-state index in [-0.39, 0.29) is 0 Å². The maximum Gasteiger partial charge on any atom is 0.222 e. The zero-order valence-corrected chi connectivity index (χ0v) is 10.1. The lowest BCUT2D eigenvalue weighted by molar-refractivity contribution is -0.135. The second-order valence-electron chi connectivity index (χ2n) is 5.56. The molecule has 2 aliphatic heterocycles. The first-order valence-electron chi connectivity index (χ1n) is 6.00. The average Bonchev–Trinajstić information content (AvgIpc) is 2.57. The van der Waals surface area contributed by atoms with E-state index in [0.29, 0.717) is 17.4 Å². The van der Waals surface area contributed by atoms with Crippen LogP contribution in [0, 0.1) is 5.41 Å². The molecule has 0 aromatic carbocycles. The van der Waals surface area contributed by atoms with Crippen molar-refractivity contribution < 1.29 is 4.79 Å². The lowest BCUT2D eigenvalue weighted by atomic mass is 9.79. The van der Waals surface area contributed by atoms with Crippen LogP contribution in [0.1, 0.15) is 33.1 Å². The quantitative estimate of drug-likeness (QED) is 0.652. The summed E-state index contributed by atoms with van der Waals surface area (Å²) >= 11 is 0. The van der Waals surface area contributed by atoms with Gasteiger partial charge in [0.05, 0.1) is 0 Å². The number of likely N-dealkylation sites (tertiary alicyclic amines) is 2. The fraction of sp³-hybridized carbons (Fsp3) is 0.917. The third kappa shape index (κ3) is 2.03. The smallest absolute Gasteiger partial charge is 0.222 e. The SMILES string of the molecule is CC(C)N1CCC2(CCC(=O)N(C)C2)C1. The number of carbonyl (C=O) groups is 1. The molecule has 3 heteroatoms. The van der Waals surface area contributed by atoms with Gasteiger partial charge >= 0.3 is 0 Å². The predicted molar refractivity (Wildman–Crippen MR) is 60.6 cm³/mol. The van der Waals surface area contributed by atoms with E-state index in [1.807, 2.05) is 11.9 Å². The third-order valence-corrected chi connectivity index (χ3v) is 4.07. The minimum absolute atomic E-state index is 0.323. The van der Waals surface area contributed by atoms with Gasteiger partial charge in [0.1, 0.15) is 0 Å². The molecule has 1 spiro atoms. The summed E-state index contributed by atoms with van der Waals surface area (Å²) in [5.41, 5.74) is 0.410. The normalized spacial score (nSPS) is 33.3. The molecule has 2 aliphatic rings. The van der Waals surface area contributed by atoms with E-state index in [2.05, 4.69) is 18.7 Å². The van der Waals surface area contributed by atoms with Crippen LogP contribution in [0.25, 0.3) is 0 Å². The van der Waals surface area contributed by atoms with E-state index in [1.165, 1.54) is 19.5 Å². The summed E-state index contributed by atoms with van der Waals surface area (Å²) in [6.07, 6.45) is 3.12. The lowest BCUT2D eigenvalue weighted by Crippen LogP contribution is -2.46. The molecule has 2 fully saturated rings. The number of carbonyl (C=O) groups excluding carboxylic acids is 1. The molecule has 0 aliphatic carbocycles. The van der Waals surface area contributed by atoms with Crippen molar-refractivity contribution in [3.05, 3.63) is 0 Å². The molecule has 1 unspecified atom stereocenters. The lowest BCUT2D eigenvalue weighted by Gasteiger charge is -2.38. The van der Waals surface area contributed by atoms with Gasteiger partial charge in [-0.15, -0.1) is 0 Å². The van der Waals surface area contributed by atoms with Crippen molar-refractivity contribution >= 4 is 5.91 Å². The highest BCUT2D eigenvalue weighted by atomic mass is 16.2. The van der Waals surface area contributed by atoms with Gasteiger partial charge in [0.25, 0.3) is 0 Å². The molecule has 0 bridgehead atoms. The highest BCUT2D eigenvalue weighted by molar-refractivity contribution is 5.76. The average molecular weight is 210 g/mol. The Bertz CT molecular complexity index is 264. The van der Waals surface area contributed by atoms with E-state index in [9.17, 15) is 4.79 Å². The number of rotatable bonds is 1. The van der Waals surface area contributed by atoms with Crippen LogP contribution in [0.15, 0.2) is 0 Å². The molecule has 0 N–H and O–H groups in total. The van der Waals surface area contributed by atoms with E-state index in [1.54, 1.807) is 0 Å². The van der Waals surface area contributed by atoms with Gasteiger partial charge in [-0.3, -0.25) is 4.79 Å². The Morgan fingerprint density at radius 3 is 2.53 bits per heavy atom. The summed E-state index contributed by atoms with van der Waals surface area (Å²) in [6, 6.07) is 0.646. The maximum absolute atomic E-state index is 11.5. The van der Waals surface area contributed by atoms with Crippen molar-refractivity contribution in [1.29, 1.82) is 0 Å². The molecule has 15 heavy (non-hydrogen) atoms. The van der Waals surface area contributed by atoms with Crippen LogP contribution >= 0.6 is 0 Å². The molecule has 0 saturated carbocycles.